The van der Waals surface area contributed by atoms with Gasteiger partial charge in [-0.25, -0.2) is 0 Å². The molecule has 28 heavy (non-hydrogen) atoms. The Morgan fingerprint density at radius 2 is 1.50 bits per heavy atom. The lowest BCUT2D eigenvalue weighted by molar-refractivity contribution is -0.161. The summed E-state index contributed by atoms with van der Waals surface area (Å²) in [5.41, 5.74) is 5.73. The second-order valence-electron chi connectivity index (χ2n) is 6.30. The van der Waals surface area contributed by atoms with E-state index in [4.69, 9.17) is 5.73 Å². The quantitative estimate of drug-likeness (QED) is 0.541. The standard InChI is InChI=1S/C20H22N2O6/c1-11(15(19(25)27-2)20(26)28-3)16(17(21)23)22-18(24)14-9-8-12-6-4-5-7-13(12)10-14/h4-11,15-16H,1-3H3,(H2,21,23)(H,22,24)/t11-,16-/m1/s1. The van der Waals surface area contributed by atoms with Crippen LogP contribution in [0.25, 0.3) is 10.8 Å². The highest BCUT2D eigenvalue weighted by molar-refractivity contribution is 6.01. The van der Waals surface area contributed by atoms with Crippen LogP contribution >= 0.6 is 0 Å². The molecule has 148 valence electrons. The molecule has 2 aromatic carbocycles. The third kappa shape index (κ3) is 4.46. The summed E-state index contributed by atoms with van der Waals surface area (Å²) in [6.45, 7) is 1.44. The molecule has 0 fully saturated rings. The third-order valence-electron chi connectivity index (χ3n) is 4.57. The van der Waals surface area contributed by atoms with Crippen LogP contribution in [0.5, 0.6) is 0 Å². The summed E-state index contributed by atoms with van der Waals surface area (Å²) in [5, 5.41) is 4.31. The minimum atomic E-state index is -1.41. The van der Waals surface area contributed by atoms with Crippen LogP contribution in [0.4, 0.5) is 0 Å². The molecular formula is C20H22N2O6. The van der Waals surface area contributed by atoms with Crippen LogP contribution in [0.3, 0.4) is 0 Å². The number of fused-ring (bicyclic) bond motifs is 1. The molecule has 0 aromatic heterocycles. The highest BCUT2D eigenvalue weighted by atomic mass is 16.5. The lowest BCUT2D eigenvalue weighted by atomic mass is 9.86. The second-order valence-corrected chi connectivity index (χ2v) is 6.30. The first-order chi connectivity index (χ1) is 13.3. The predicted octanol–water partition coefficient (Wildman–Crippen LogP) is 1.02. The number of rotatable bonds is 7. The van der Waals surface area contributed by atoms with Gasteiger partial charge in [-0.1, -0.05) is 37.3 Å². The summed E-state index contributed by atoms with van der Waals surface area (Å²) in [4.78, 5) is 48.6. The van der Waals surface area contributed by atoms with E-state index in [0.29, 0.717) is 5.56 Å². The number of nitrogens with two attached hydrogens (primary N) is 1. The molecular weight excluding hydrogens is 364 g/mol. The zero-order valence-electron chi connectivity index (χ0n) is 15.8. The Morgan fingerprint density at radius 1 is 0.929 bits per heavy atom. The van der Waals surface area contributed by atoms with Gasteiger partial charge in [0.25, 0.3) is 5.91 Å². The molecule has 8 heteroatoms. The van der Waals surface area contributed by atoms with Gasteiger partial charge in [0.05, 0.1) is 14.2 Å². The van der Waals surface area contributed by atoms with Gasteiger partial charge in [0.2, 0.25) is 5.91 Å². The van der Waals surface area contributed by atoms with E-state index in [-0.39, 0.29) is 0 Å². The second kappa shape index (κ2) is 8.98. The molecule has 0 radical (unpaired) electrons. The van der Waals surface area contributed by atoms with E-state index in [9.17, 15) is 19.2 Å². The van der Waals surface area contributed by atoms with Crippen molar-refractivity contribution in [2.45, 2.75) is 13.0 Å². The first-order valence-electron chi connectivity index (χ1n) is 8.54. The molecule has 2 amide bonds. The Hall–Kier alpha value is -3.42. The molecule has 0 aliphatic heterocycles. The number of amides is 2. The van der Waals surface area contributed by atoms with Gasteiger partial charge < -0.3 is 20.5 Å². The largest absolute Gasteiger partial charge is 0.468 e. The maximum Gasteiger partial charge on any atom is 0.320 e. The normalized spacial score (nSPS) is 12.9. The van der Waals surface area contributed by atoms with E-state index in [1.165, 1.54) is 6.92 Å². The van der Waals surface area contributed by atoms with E-state index in [2.05, 4.69) is 14.8 Å². The number of methoxy groups -OCH3 is 2. The van der Waals surface area contributed by atoms with Crippen molar-refractivity contribution in [1.82, 2.24) is 5.32 Å². The topological polar surface area (TPSA) is 125 Å². The van der Waals surface area contributed by atoms with Crippen LogP contribution in [-0.4, -0.2) is 44.0 Å². The van der Waals surface area contributed by atoms with Crippen molar-refractivity contribution >= 4 is 34.5 Å². The Labute approximate surface area is 162 Å². The molecule has 2 atom stereocenters. The van der Waals surface area contributed by atoms with Crippen molar-refractivity contribution in [3.63, 3.8) is 0 Å². The zero-order valence-corrected chi connectivity index (χ0v) is 15.8. The van der Waals surface area contributed by atoms with Crippen molar-refractivity contribution in [1.29, 1.82) is 0 Å². The van der Waals surface area contributed by atoms with Gasteiger partial charge in [-0.15, -0.1) is 0 Å². The fourth-order valence-corrected chi connectivity index (χ4v) is 2.99. The number of esters is 2. The van der Waals surface area contributed by atoms with Crippen LogP contribution in [-0.2, 0) is 23.9 Å². The Kier molecular flexibility index (Phi) is 6.70. The van der Waals surface area contributed by atoms with Crippen molar-refractivity contribution in [2.24, 2.45) is 17.6 Å². The Balaban J connectivity index is 2.29. The fourth-order valence-electron chi connectivity index (χ4n) is 2.99. The number of hydrogen-bond donors (Lipinski definition) is 2. The summed E-state index contributed by atoms with van der Waals surface area (Å²) in [6.07, 6.45) is 0. The van der Waals surface area contributed by atoms with Crippen LogP contribution in [0.15, 0.2) is 42.5 Å². The molecule has 0 spiro atoms. The predicted molar refractivity (Wildman–Crippen MR) is 101 cm³/mol. The van der Waals surface area contributed by atoms with Gasteiger partial charge >= 0.3 is 11.9 Å². The van der Waals surface area contributed by atoms with Crippen molar-refractivity contribution in [3.8, 4) is 0 Å². The average molecular weight is 386 g/mol. The maximum atomic E-state index is 12.7. The van der Waals surface area contributed by atoms with E-state index in [1.807, 2.05) is 24.3 Å². The number of hydrogen-bond acceptors (Lipinski definition) is 6. The van der Waals surface area contributed by atoms with Crippen LogP contribution < -0.4 is 11.1 Å². The molecule has 8 nitrogen and oxygen atoms in total. The average Bonchev–Trinajstić information content (AvgIpc) is 2.70. The molecule has 0 unspecified atom stereocenters. The molecule has 2 aromatic rings. The summed E-state index contributed by atoms with van der Waals surface area (Å²) < 4.78 is 9.24. The van der Waals surface area contributed by atoms with Gasteiger partial charge in [-0.05, 0) is 22.9 Å². The Morgan fingerprint density at radius 3 is 2.04 bits per heavy atom. The molecule has 0 aliphatic carbocycles. The SMILES string of the molecule is COC(=O)C(C(=O)OC)[C@@H](C)[C@@H](NC(=O)c1ccc2ccccc2c1)C(N)=O. The lowest BCUT2D eigenvalue weighted by Gasteiger charge is -2.26. The maximum absolute atomic E-state index is 12.7. The number of ether oxygens (including phenoxy) is 2. The number of benzene rings is 2. The summed E-state index contributed by atoms with van der Waals surface area (Å²) in [7, 11) is 2.22. The van der Waals surface area contributed by atoms with Crippen molar-refractivity contribution < 1.29 is 28.7 Å². The number of carbonyl (C=O) groups is 4. The van der Waals surface area contributed by atoms with Crippen LogP contribution in [0, 0.1) is 11.8 Å². The molecule has 2 rings (SSSR count). The highest BCUT2D eigenvalue weighted by Gasteiger charge is 2.41. The number of nitrogens with one attached hydrogen (secondary N) is 1. The van der Waals surface area contributed by atoms with Crippen molar-refractivity contribution in [2.75, 3.05) is 14.2 Å². The van der Waals surface area contributed by atoms with Gasteiger partial charge in [0, 0.05) is 11.5 Å². The third-order valence-corrected chi connectivity index (χ3v) is 4.57. The summed E-state index contributed by atoms with van der Waals surface area (Å²) >= 11 is 0. The molecule has 0 aliphatic rings. The Bertz CT molecular complexity index is 894. The number of carbonyl (C=O) groups excluding carboxylic acids is 4. The van der Waals surface area contributed by atoms with E-state index in [1.54, 1.807) is 18.2 Å². The molecule has 0 saturated carbocycles. The van der Waals surface area contributed by atoms with Crippen molar-refractivity contribution in [3.05, 3.63) is 48.0 Å². The first kappa shape index (κ1) is 20.9. The molecule has 3 N–H and O–H groups in total. The minimum Gasteiger partial charge on any atom is -0.468 e. The smallest absolute Gasteiger partial charge is 0.320 e. The van der Waals surface area contributed by atoms with Gasteiger partial charge in [0.15, 0.2) is 5.92 Å². The van der Waals surface area contributed by atoms with Crippen LogP contribution in [0.1, 0.15) is 17.3 Å². The molecule has 0 heterocycles. The first-order valence-corrected chi connectivity index (χ1v) is 8.54. The van der Waals surface area contributed by atoms with E-state index >= 15 is 0 Å². The molecule has 0 bridgehead atoms. The zero-order chi connectivity index (χ0) is 20.8. The minimum absolute atomic E-state index is 0.310. The molecule has 0 saturated heterocycles. The lowest BCUT2D eigenvalue weighted by Crippen LogP contribution is -2.52. The van der Waals surface area contributed by atoms with Gasteiger partial charge in [-0.2, -0.15) is 0 Å². The van der Waals surface area contributed by atoms with Crippen LogP contribution in [0.2, 0.25) is 0 Å². The van der Waals surface area contributed by atoms with Gasteiger partial charge in [0.1, 0.15) is 6.04 Å². The fraction of sp³-hybridized carbons (Fsp3) is 0.300. The summed E-state index contributed by atoms with van der Waals surface area (Å²) in [5.74, 6) is -5.61. The van der Waals surface area contributed by atoms with E-state index < -0.39 is 41.6 Å². The van der Waals surface area contributed by atoms with E-state index in [0.717, 1.165) is 25.0 Å². The summed E-state index contributed by atoms with van der Waals surface area (Å²) in [6, 6.07) is 11.3. The monoisotopic (exact) mass is 386 g/mol. The van der Waals surface area contributed by atoms with Gasteiger partial charge in [-0.3, -0.25) is 19.2 Å². The highest BCUT2D eigenvalue weighted by Crippen LogP contribution is 2.21. The number of primary amides is 1.